The summed E-state index contributed by atoms with van der Waals surface area (Å²) in [5.41, 5.74) is 2.84. The predicted molar refractivity (Wildman–Crippen MR) is 108 cm³/mol. The lowest BCUT2D eigenvalue weighted by atomic mass is 10.0. The Labute approximate surface area is 154 Å². The molecule has 1 heterocycles. The Morgan fingerprint density at radius 1 is 1.24 bits per heavy atom. The van der Waals surface area contributed by atoms with Gasteiger partial charge in [-0.1, -0.05) is 38.1 Å². The maximum absolute atomic E-state index is 4.77. The molecule has 0 aliphatic carbocycles. The Kier molecular flexibility index (Phi) is 8.26. The highest BCUT2D eigenvalue weighted by Gasteiger charge is 2.18. The van der Waals surface area contributed by atoms with Gasteiger partial charge in [-0.05, 0) is 62.7 Å². The van der Waals surface area contributed by atoms with E-state index >= 15 is 0 Å². The molecular formula is C21H36N4. The summed E-state index contributed by atoms with van der Waals surface area (Å²) < 4.78 is 0. The lowest BCUT2D eigenvalue weighted by Crippen LogP contribution is -2.38. The molecule has 2 N–H and O–H groups in total. The third kappa shape index (κ3) is 7.07. The monoisotopic (exact) mass is 344 g/mol. The Morgan fingerprint density at radius 2 is 2.00 bits per heavy atom. The smallest absolute Gasteiger partial charge is 0.191 e. The van der Waals surface area contributed by atoms with E-state index in [1.54, 1.807) is 0 Å². The van der Waals surface area contributed by atoms with Crippen molar-refractivity contribution in [1.82, 2.24) is 15.5 Å². The maximum atomic E-state index is 4.77. The first-order valence-corrected chi connectivity index (χ1v) is 9.88. The van der Waals surface area contributed by atoms with Crippen molar-refractivity contribution >= 4 is 5.96 Å². The second kappa shape index (κ2) is 10.4. The number of likely N-dealkylation sites (tertiary alicyclic amines) is 1. The van der Waals surface area contributed by atoms with Crippen LogP contribution >= 0.6 is 0 Å². The van der Waals surface area contributed by atoms with E-state index in [0.29, 0.717) is 11.8 Å². The minimum absolute atomic E-state index is 0.606. The van der Waals surface area contributed by atoms with Crippen molar-refractivity contribution in [3.8, 4) is 0 Å². The summed E-state index contributed by atoms with van der Waals surface area (Å²) in [5, 5.41) is 6.84. The number of nitrogens with zero attached hydrogens (tertiary/aromatic N) is 2. The standard InChI is InChI=1S/C21H36N4/c1-5-22-21(24-15-19-12-14-25(4)16-19)23-13-6-7-18-8-10-20(11-9-18)17(2)3/h8-11,17,19H,5-7,12-16H2,1-4H3,(H2,22,23,24). The van der Waals surface area contributed by atoms with Crippen LogP contribution in [0.15, 0.2) is 29.3 Å². The summed E-state index contributed by atoms with van der Waals surface area (Å²) in [6.07, 6.45) is 3.50. The fourth-order valence-electron chi connectivity index (χ4n) is 3.31. The van der Waals surface area contributed by atoms with E-state index in [4.69, 9.17) is 4.99 Å². The van der Waals surface area contributed by atoms with Crippen LogP contribution in [0.5, 0.6) is 0 Å². The first-order valence-electron chi connectivity index (χ1n) is 9.88. The number of aliphatic imine (C=N–C) groups is 1. The first kappa shape index (κ1) is 19.8. The Balaban J connectivity index is 1.71. The average Bonchev–Trinajstić information content (AvgIpc) is 3.02. The van der Waals surface area contributed by atoms with Crippen LogP contribution in [0.3, 0.4) is 0 Å². The highest BCUT2D eigenvalue weighted by Crippen LogP contribution is 2.15. The largest absolute Gasteiger partial charge is 0.357 e. The van der Waals surface area contributed by atoms with Gasteiger partial charge in [0.15, 0.2) is 5.96 Å². The molecule has 25 heavy (non-hydrogen) atoms. The predicted octanol–water partition coefficient (Wildman–Crippen LogP) is 3.25. The summed E-state index contributed by atoms with van der Waals surface area (Å²) in [6, 6.07) is 9.06. The topological polar surface area (TPSA) is 39.7 Å². The van der Waals surface area contributed by atoms with Gasteiger partial charge in [-0.2, -0.15) is 0 Å². The van der Waals surface area contributed by atoms with E-state index in [-0.39, 0.29) is 0 Å². The molecule has 0 amide bonds. The SMILES string of the molecule is CCNC(=NCC1CCN(C)C1)NCCCc1ccc(C(C)C)cc1. The molecule has 2 rings (SSSR count). The van der Waals surface area contributed by atoms with Crippen molar-refractivity contribution < 1.29 is 0 Å². The quantitative estimate of drug-likeness (QED) is 0.432. The molecule has 1 atom stereocenters. The molecule has 0 aromatic heterocycles. The van der Waals surface area contributed by atoms with Crippen molar-refractivity contribution in [3.05, 3.63) is 35.4 Å². The second-order valence-electron chi connectivity index (χ2n) is 7.56. The van der Waals surface area contributed by atoms with E-state index in [1.165, 1.54) is 30.6 Å². The molecule has 1 saturated heterocycles. The van der Waals surface area contributed by atoms with E-state index < -0.39 is 0 Å². The Hall–Kier alpha value is -1.55. The summed E-state index contributed by atoms with van der Waals surface area (Å²) in [5.74, 6) is 2.28. The third-order valence-corrected chi connectivity index (χ3v) is 4.92. The van der Waals surface area contributed by atoms with Gasteiger partial charge in [-0.15, -0.1) is 0 Å². The number of benzene rings is 1. The summed E-state index contributed by atoms with van der Waals surface area (Å²) in [7, 11) is 2.20. The highest BCUT2D eigenvalue weighted by atomic mass is 15.2. The third-order valence-electron chi connectivity index (χ3n) is 4.92. The van der Waals surface area contributed by atoms with Gasteiger partial charge in [0.25, 0.3) is 0 Å². The van der Waals surface area contributed by atoms with Crippen molar-refractivity contribution in [1.29, 1.82) is 0 Å². The molecule has 1 fully saturated rings. The Bertz CT molecular complexity index is 521. The lowest BCUT2D eigenvalue weighted by molar-refractivity contribution is 0.397. The van der Waals surface area contributed by atoms with Crippen LogP contribution in [0.4, 0.5) is 0 Å². The number of hydrogen-bond acceptors (Lipinski definition) is 2. The van der Waals surface area contributed by atoms with E-state index in [0.717, 1.165) is 38.4 Å². The molecule has 0 radical (unpaired) electrons. The molecule has 140 valence electrons. The minimum atomic E-state index is 0.606. The van der Waals surface area contributed by atoms with Crippen LogP contribution in [-0.4, -0.2) is 50.6 Å². The van der Waals surface area contributed by atoms with Crippen LogP contribution in [0.25, 0.3) is 0 Å². The molecule has 0 bridgehead atoms. The molecule has 1 aromatic rings. The summed E-state index contributed by atoms with van der Waals surface area (Å²) in [4.78, 5) is 7.17. The van der Waals surface area contributed by atoms with Gasteiger partial charge < -0.3 is 15.5 Å². The van der Waals surface area contributed by atoms with Gasteiger partial charge in [0, 0.05) is 26.2 Å². The molecule has 4 nitrogen and oxygen atoms in total. The van der Waals surface area contributed by atoms with Gasteiger partial charge >= 0.3 is 0 Å². The zero-order valence-electron chi connectivity index (χ0n) is 16.5. The van der Waals surface area contributed by atoms with Crippen molar-refractivity contribution in [2.75, 3.05) is 39.8 Å². The lowest BCUT2D eigenvalue weighted by Gasteiger charge is -2.13. The van der Waals surface area contributed by atoms with Crippen molar-refractivity contribution in [2.24, 2.45) is 10.9 Å². The minimum Gasteiger partial charge on any atom is -0.357 e. The molecule has 0 saturated carbocycles. The number of rotatable bonds is 8. The zero-order chi connectivity index (χ0) is 18.1. The molecule has 1 unspecified atom stereocenters. The second-order valence-corrected chi connectivity index (χ2v) is 7.56. The van der Waals surface area contributed by atoms with Gasteiger partial charge in [-0.25, -0.2) is 0 Å². The van der Waals surface area contributed by atoms with E-state index in [9.17, 15) is 0 Å². The average molecular weight is 345 g/mol. The first-order chi connectivity index (χ1) is 12.1. The van der Waals surface area contributed by atoms with Crippen molar-refractivity contribution in [3.63, 3.8) is 0 Å². The molecule has 4 heteroatoms. The molecule has 1 aromatic carbocycles. The molecule has 1 aliphatic heterocycles. The van der Waals surface area contributed by atoms with E-state index in [2.05, 4.69) is 67.6 Å². The summed E-state index contributed by atoms with van der Waals surface area (Å²) >= 11 is 0. The number of hydrogen-bond donors (Lipinski definition) is 2. The molecule has 0 spiro atoms. The normalized spacial score (nSPS) is 18.8. The van der Waals surface area contributed by atoms with Gasteiger partial charge in [0.1, 0.15) is 0 Å². The fraction of sp³-hybridized carbons (Fsp3) is 0.667. The van der Waals surface area contributed by atoms with Crippen LogP contribution in [-0.2, 0) is 6.42 Å². The van der Waals surface area contributed by atoms with Crippen molar-refractivity contribution in [2.45, 2.75) is 46.0 Å². The number of guanidine groups is 1. The van der Waals surface area contributed by atoms with Crippen LogP contribution < -0.4 is 10.6 Å². The van der Waals surface area contributed by atoms with E-state index in [1.807, 2.05) is 0 Å². The van der Waals surface area contributed by atoms with Gasteiger partial charge in [0.05, 0.1) is 0 Å². The fourth-order valence-corrected chi connectivity index (χ4v) is 3.31. The van der Waals surface area contributed by atoms with Crippen LogP contribution in [0, 0.1) is 5.92 Å². The number of aryl methyl sites for hydroxylation is 1. The van der Waals surface area contributed by atoms with Gasteiger partial charge in [-0.3, -0.25) is 4.99 Å². The number of nitrogens with one attached hydrogen (secondary N) is 2. The maximum Gasteiger partial charge on any atom is 0.191 e. The summed E-state index contributed by atoms with van der Waals surface area (Å²) in [6.45, 7) is 11.8. The molecular weight excluding hydrogens is 308 g/mol. The van der Waals surface area contributed by atoms with Crippen LogP contribution in [0.2, 0.25) is 0 Å². The highest BCUT2D eigenvalue weighted by molar-refractivity contribution is 5.79. The zero-order valence-corrected chi connectivity index (χ0v) is 16.5. The van der Waals surface area contributed by atoms with Gasteiger partial charge in [0.2, 0.25) is 0 Å². The Morgan fingerprint density at radius 3 is 2.60 bits per heavy atom. The molecule has 1 aliphatic rings. The van der Waals surface area contributed by atoms with Crippen LogP contribution in [0.1, 0.15) is 50.7 Å².